The first-order valence-corrected chi connectivity index (χ1v) is 5.52. The van der Waals surface area contributed by atoms with Gasteiger partial charge in [-0.2, -0.15) is 0 Å². The van der Waals surface area contributed by atoms with Gasteiger partial charge in [0.05, 0.1) is 7.11 Å². The van der Waals surface area contributed by atoms with Crippen molar-refractivity contribution in [2.24, 2.45) is 5.73 Å². The zero-order valence-corrected chi connectivity index (χ0v) is 10.5. The van der Waals surface area contributed by atoms with E-state index in [1.165, 1.54) is 5.56 Å². The summed E-state index contributed by atoms with van der Waals surface area (Å²) in [4.78, 5) is 0. The highest BCUT2D eigenvalue weighted by atomic mass is 16.5. The molecular weight excluding hydrogens is 202 g/mol. The van der Waals surface area contributed by atoms with Crippen LogP contribution in [0.25, 0.3) is 0 Å². The van der Waals surface area contributed by atoms with Crippen molar-refractivity contribution < 1.29 is 9.47 Å². The van der Waals surface area contributed by atoms with Gasteiger partial charge >= 0.3 is 0 Å². The lowest BCUT2D eigenvalue weighted by molar-refractivity contribution is 0.125. The van der Waals surface area contributed by atoms with E-state index in [4.69, 9.17) is 15.2 Å². The van der Waals surface area contributed by atoms with Gasteiger partial charge in [-0.15, -0.1) is 0 Å². The molecule has 1 aromatic carbocycles. The van der Waals surface area contributed by atoms with Crippen molar-refractivity contribution in [1.29, 1.82) is 0 Å². The molecule has 90 valence electrons. The second kappa shape index (κ2) is 5.21. The van der Waals surface area contributed by atoms with Crippen LogP contribution in [-0.4, -0.2) is 19.3 Å². The minimum Gasteiger partial charge on any atom is -0.493 e. The lowest BCUT2D eigenvalue weighted by Gasteiger charge is -2.23. The monoisotopic (exact) mass is 223 g/mol. The van der Waals surface area contributed by atoms with Gasteiger partial charge in [-0.3, -0.25) is 0 Å². The summed E-state index contributed by atoms with van der Waals surface area (Å²) in [7, 11) is 1.65. The van der Waals surface area contributed by atoms with Crippen molar-refractivity contribution in [3.8, 4) is 11.5 Å². The molecule has 0 bridgehead atoms. The Morgan fingerprint density at radius 3 is 2.38 bits per heavy atom. The lowest BCUT2D eigenvalue weighted by Crippen LogP contribution is -2.23. The predicted molar refractivity (Wildman–Crippen MR) is 66.1 cm³/mol. The van der Waals surface area contributed by atoms with Gasteiger partial charge in [-0.25, -0.2) is 0 Å². The Kier molecular flexibility index (Phi) is 4.19. The molecule has 3 heteroatoms. The van der Waals surface area contributed by atoms with Crippen molar-refractivity contribution in [2.45, 2.75) is 32.8 Å². The number of hydrogen-bond acceptors (Lipinski definition) is 3. The second-order valence-corrected chi connectivity index (χ2v) is 4.74. The normalized spacial score (nSPS) is 11.3. The number of rotatable bonds is 4. The van der Waals surface area contributed by atoms with E-state index in [9.17, 15) is 0 Å². The molecule has 0 aliphatic rings. The van der Waals surface area contributed by atoms with E-state index in [1.807, 2.05) is 39.0 Å². The van der Waals surface area contributed by atoms with E-state index in [0.29, 0.717) is 6.54 Å². The first-order chi connectivity index (χ1) is 7.46. The van der Waals surface area contributed by atoms with Gasteiger partial charge in [0.15, 0.2) is 11.5 Å². The quantitative estimate of drug-likeness (QED) is 0.852. The zero-order valence-electron chi connectivity index (χ0n) is 10.5. The number of nitrogens with two attached hydrogens (primary N) is 1. The summed E-state index contributed by atoms with van der Waals surface area (Å²) in [6.07, 6.45) is 0.853. The van der Waals surface area contributed by atoms with Crippen LogP contribution in [0, 0.1) is 0 Å². The molecular formula is C13H21NO2. The van der Waals surface area contributed by atoms with Crippen molar-refractivity contribution in [1.82, 2.24) is 0 Å². The Morgan fingerprint density at radius 2 is 1.88 bits per heavy atom. The largest absolute Gasteiger partial charge is 0.493 e. The van der Waals surface area contributed by atoms with Crippen LogP contribution in [0.4, 0.5) is 0 Å². The van der Waals surface area contributed by atoms with Gasteiger partial charge in [0.25, 0.3) is 0 Å². The van der Waals surface area contributed by atoms with Crippen LogP contribution in [-0.2, 0) is 6.42 Å². The molecule has 1 aromatic rings. The maximum absolute atomic E-state index is 5.80. The molecule has 0 spiro atoms. The highest BCUT2D eigenvalue weighted by Crippen LogP contribution is 2.31. The van der Waals surface area contributed by atoms with Crippen molar-refractivity contribution >= 4 is 0 Å². The minimum atomic E-state index is -0.220. The molecule has 0 heterocycles. The number of benzene rings is 1. The summed E-state index contributed by atoms with van der Waals surface area (Å²) in [6, 6.07) is 5.94. The van der Waals surface area contributed by atoms with Gasteiger partial charge in [0.2, 0.25) is 0 Å². The lowest BCUT2D eigenvalue weighted by atomic mass is 10.1. The first kappa shape index (κ1) is 12.8. The van der Waals surface area contributed by atoms with Gasteiger partial charge in [0.1, 0.15) is 5.60 Å². The maximum atomic E-state index is 5.80. The molecule has 0 aromatic heterocycles. The first-order valence-electron chi connectivity index (χ1n) is 5.52. The summed E-state index contributed by atoms with van der Waals surface area (Å²) in [5.41, 5.74) is 6.47. The number of methoxy groups -OCH3 is 1. The van der Waals surface area contributed by atoms with Crippen LogP contribution in [0.5, 0.6) is 11.5 Å². The van der Waals surface area contributed by atoms with Crippen molar-refractivity contribution in [2.75, 3.05) is 13.7 Å². The van der Waals surface area contributed by atoms with Crippen LogP contribution < -0.4 is 15.2 Å². The van der Waals surface area contributed by atoms with Gasteiger partial charge in [0, 0.05) is 0 Å². The Bertz CT molecular complexity index is 342. The standard InChI is InChI=1S/C13H21NO2/c1-13(2,3)16-11-6-5-10(7-8-14)9-12(11)15-4/h5-6,9H,7-8,14H2,1-4H3. The van der Waals surface area contributed by atoms with Crippen LogP contribution in [0.2, 0.25) is 0 Å². The maximum Gasteiger partial charge on any atom is 0.161 e. The summed E-state index contributed by atoms with van der Waals surface area (Å²) in [5.74, 6) is 1.54. The summed E-state index contributed by atoms with van der Waals surface area (Å²) < 4.78 is 11.1. The van der Waals surface area contributed by atoms with E-state index in [0.717, 1.165) is 17.9 Å². The fourth-order valence-corrected chi connectivity index (χ4v) is 1.45. The van der Waals surface area contributed by atoms with E-state index in [-0.39, 0.29) is 5.60 Å². The average Bonchev–Trinajstić information content (AvgIpc) is 2.18. The fraction of sp³-hybridized carbons (Fsp3) is 0.538. The van der Waals surface area contributed by atoms with Crippen LogP contribution in [0.15, 0.2) is 18.2 Å². The molecule has 0 aliphatic heterocycles. The van der Waals surface area contributed by atoms with Crippen LogP contribution >= 0.6 is 0 Å². The van der Waals surface area contributed by atoms with Crippen LogP contribution in [0.1, 0.15) is 26.3 Å². The van der Waals surface area contributed by atoms with Gasteiger partial charge < -0.3 is 15.2 Å². The molecule has 2 N–H and O–H groups in total. The van der Waals surface area contributed by atoms with E-state index in [1.54, 1.807) is 7.11 Å². The molecule has 0 fully saturated rings. The van der Waals surface area contributed by atoms with Gasteiger partial charge in [-0.1, -0.05) is 6.07 Å². The Labute approximate surface area is 97.6 Å². The molecule has 0 aliphatic carbocycles. The molecule has 0 radical (unpaired) electrons. The molecule has 0 saturated carbocycles. The topological polar surface area (TPSA) is 44.5 Å². The van der Waals surface area contributed by atoms with Gasteiger partial charge in [-0.05, 0) is 51.4 Å². The van der Waals surface area contributed by atoms with Crippen molar-refractivity contribution in [3.63, 3.8) is 0 Å². The summed E-state index contributed by atoms with van der Waals surface area (Å²) >= 11 is 0. The van der Waals surface area contributed by atoms with Crippen LogP contribution in [0.3, 0.4) is 0 Å². The SMILES string of the molecule is COc1cc(CCN)ccc1OC(C)(C)C. The Balaban J connectivity index is 2.93. The average molecular weight is 223 g/mol. The zero-order chi connectivity index (χ0) is 12.2. The molecule has 0 amide bonds. The summed E-state index contributed by atoms with van der Waals surface area (Å²) in [6.45, 7) is 6.68. The molecule has 3 nitrogen and oxygen atoms in total. The third-order valence-electron chi connectivity index (χ3n) is 2.08. The van der Waals surface area contributed by atoms with E-state index in [2.05, 4.69) is 0 Å². The molecule has 0 atom stereocenters. The van der Waals surface area contributed by atoms with E-state index >= 15 is 0 Å². The molecule has 1 rings (SSSR count). The Hall–Kier alpha value is -1.22. The molecule has 0 saturated heterocycles. The highest BCUT2D eigenvalue weighted by Gasteiger charge is 2.15. The molecule has 16 heavy (non-hydrogen) atoms. The number of ether oxygens (including phenoxy) is 2. The third-order valence-corrected chi connectivity index (χ3v) is 2.08. The fourth-order valence-electron chi connectivity index (χ4n) is 1.45. The van der Waals surface area contributed by atoms with E-state index < -0.39 is 0 Å². The number of hydrogen-bond donors (Lipinski definition) is 1. The second-order valence-electron chi connectivity index (χ2n) is 4.74. The van der Waals surface area contributed by atoms with Crippen molar-refractivity contribution in [3.05, 3.63) is 23.8 Å². The molecule has 0 unspecified atom stereocenters. The summed E-state index contributed by atoms with van der Waals surface area (Å²) in [5, 5.41) is 0. The predicted octanol–water partition coefficient (Wildman–Crippen LogP) is 2.37. The highest BCUT2D eigenvalue weighted by molar-refractivity contribution is 5.43. The Morgan fingerprint density at radius 1 is 1.19 bits per heavy atom. The minimum absolute atomic E-state index is 0.220. The smallest absolute Gasteiger partial charge is 0.161 e. The third kappa shape index (κ3) is 3.74.